The Morgan fingerprint density at radius 3 is 2.68 bits per heavy atom. The summed E-state index contributed by atoms with van der Waals surface area (Å²) in [5.41, 5.74) is 1.94. The third-order valence-electron chi connectivity index (χ3n) is 3.72. The van der Waals surface area contributed by atoms with Crippen molar-refractivity contribution in [1.82, 2.24) is 4.90 Å². The fourth-order valence-electron chi connectivity index (χ4n) is 2.39. The molecule has 0 amide bonds. The summed E-state index contributed by atoms with van der Waals surface area (Å²) in [5.74, 6) is 0.251. The van der Waals surface area contributed by atoms with Crippen molar-refractivity contribution in [2.45, 2.75) is 32.2 Å². The SMILES string of the molecule is COCCN(CCC(=O)c1ccccc1C)C1CC1. The molecular formula is C16H23NO2. The van der Waals surface area contributed by atoms with Crippen molar-refractivity contribution in [3.05, 3.63) is 35.4 Å². The predicted octanol–water partition coefficient (Wildman–Crippen LogP) is 2.68. The summed E-state index contributed by atoms with van der Waals surface area (Å²) in [6.45, 7) is 4.52. The zero-order valence-electron chi connectivity index (χ0n) is 11.9. The molecular weight excluding hydrogens is 238 g/mol. The third kappa shape index (κ3) is 4.15. The van der Waals surface area contributed by atoms with E-state index in [-0.39, 0.29) is 5.78 Å². The predicted molar refractivity (Wildman–Crippen MR) is 76.6 cm³/mol. The van der Waals surface area contributed by atoms with Crippen LogP contribution in [-0.2, 0) is 4.74 Å². The van der Waals surface area contributed by atoms with Crippen LogP contribution in [0.2, 0.25) is 0 Å². The molecule has 1 aliphatic carbocycles. The van der Waals surface area contributed by atoms with Crippen molar-refractivity contribution >= 4 is 5.78 Å². The molecule has 1 saturated carbocycles. The summed E-state index contributed by atoms with van der Waals surface area (Å²) in [4.78, 5) is 14.6. The van der Waals surface area contributed by atoms with Crippen LogP contribution in [0.15, 0.2) is 24.3 Å². The number of methoxy groups -OCH3 is 1. The van der Waals surface area contributed by atoms with E-state index in [1.165, 1.54) is 12.8 Å². The Labute approximate surface area is 115 Å². The summed E-state index contributed by atoms with van der Waals surface area (Å²) >= 11 is 0. The van der Waals surface area contributed by atoms with Gasteiger partial charge in [-0.2, -0.15) is 0 Å². The van der Waals surface area contributed by atoms with E-state index in [4.69, 9.17) is 4.74 Å². The molecule has 3 nitrogen and oxygen atoms in total. The Kier molecular flexibility index (Phi) is 5.11. The minimum atomic E-state index is 0.251. The van der Waals surface area contributed by atoms with Gasteiger partial charge in [0.1, 0.15) is 0 Å². The number of rotatable bonds is 8. The maximum Gasteiger partial charge on any atom is 0.164 e. The summed E-state index contributed by atoms with van der Waals surface area (Å²) in [7, 11) is 1.73. The van der Waals surface area contributed by atoms with Crippen molar-refractivity contribution in [1.29, 1.82) is 0 Å². The number of ether oxygens (including phenoxy) is 1. The normalized spacial score (nSPS) is 14.9. The standard InChI is InChI=1S/C16H23NO2/c1-13-5-3-4-6-15(13)16(18)9-10-17(11-12-19-2)14-7-8-14/h3-6,14H,7-12H2,1-2H3. The Morgan fingerprint density at radius 1 is 1.32 bits per heavy atom. The number of benzene rings is 1. The van der Waals surface area contributed by atoms with E-state index >= 15 is 0 Å². The lowest BCUT2D eigenvalue weighted by Gasteiger charge is -2.21. The topological polar surface area (TPSA) is 29.5 Å². The quantitative estimate of drug-likeness (QED) is 0.674. The minimum Gasteiger partial charge on any atom is -0.383 e. The zero-order chi connectivity index (χ0) is 13.7. The van der Waals surface area contributed by atoms with Gasteiger partial charge in [0.05, 0.1) is 6.61 Å². The van der Waals surface area contributed by atoms with E-state index < -0.39 is 0 Å². The number of Topliss-reactive ketones (excluding diaryl/α,β-unsaturated/α-hetero) is 1. The van der Waals surface area contributed by atoms with Gasteiger partial charge in [0.25, 0.3) is 0 Å². The summed E-state index contributed by atoms with van der Waals surface area (Å²) in [6, 6.07) is 8.51. The Balaban J connectivity index is 1.86. The smallest absolute Gasteiger partial charge is 0.164 e. The van der Waals surface area contributed by atoms with Gasteiger partial charge in [0.2, 0.25) is 0 Å². The van der Waals surface area contributed by atoms with Crippen LogP contribution in [0.25, 0.3) is 0 Å². The molecule has 3 heteroatoms. The van der Waals surface area contributed by atoms with E-state index in [0.717, 1.165) is 30.8 Å². The average molecular weight is 261 g/mol. The van der Waals surface area contributed by atoms with Crippen molar-refractivity contribution in [2.24, 2.45) is 0 Å². The highest BCUT2D eigenvalue weighted by Gasteiger charge is 2.28. The van der Waals surface area contributed by atoms with Crippen molar-refractivity contribution < 1.29 is 9.53 Å². The molecule has 0 saturated heterocycles. The highest BCUT2D eigenvalue weighted by Crippen LogP contribution is 2.26. The molecule has 1 aromatic rings. The van der Waals surface area contributed by atoms with Gasteiger partial charge in [-0.3, -0.25) is 9.69 Å². The van der Waals surface area contributed by atoms with Gasteiger partial charge < -0.3 is 4.74 Å². The molecule has 0 aliphatic heterocycles. The largest absolute Gasteiger partial charge is 0.383 e. The first-order chi connectivity index (χ1) is 9.22. The van der Waals surface area contributed by atoms with E-state index in [1.807, 2.05) is 31.2 Å². The molecule has 104 valence electrons. The number of nitrogens with zero attached hydrogens (tertiary/aromatic N) is 1. The lowest BCUT2D eigenvalue weighted by molar-refractivity contribution is 0.0944. The molecule has 0 aromatic heterocycles. The molecule has 1 fully saturated rings. The lowest BCUT2D eigenvalue weighted by atomic mass is 10.0. The van der Waals surface area contributed by atoms with Gasteiger partial charge in [0, 0.05) is 38.2 Å². The molecule has 0 N–H and O–H groups in total. The second-order valence-electron chi connectivity index (χ2n) is 5.25. The molecule has 0 bridgehead atoms. The second-order valence-corrected chi connectivity index (χ2v) is 5.25. The second kappa shape index (κ2) is 6.83. The maximum atomic E-state index is 12.2. The van der Waals surface area contributed by atoms with Crippen LogP contribution in [0.5, 0.6) is 0 Å². The highest BCUT2D eigenvalue weighted by atomic mass is 16.5. The highest BCUT2D eigenvalue weighted by molar-refractivity contribution is 5.97. The van der Waals surface area contributed by atoms with Gasteiger partial charge in [-0.05, 0) is 25.3 Å². The molecule has 0 spiro atoms. The molecule has 0 atom stereocenters. The molecule has 0 radical (unpaired) electrons. The van der Waals surface area contributed by atoms with Gasteiger partial charge in [-0.25, -0.2) is 0 Å². The first kappa shape index (κ1) is 14.2. The zero-order valence-corrected chi connectivity index (χ0v) is 11.9. The number of carbonyl (C=O) groups excluding carboxylic acids is 1. The first-order valence-corrected chi connectivity index (χ1v) is 7.04. The summed E-state index contributed by atoms with van der Waals surface area (Å²) in [6.07, 6.45) is 3.13. The molecule has 1 aromatic carbocycles. The molecule has 1 aliphatic rings. The van der Waals surface area contributed by atoms with Crippen molar-refractivity contribution in [3.8, 4) is 0 Å². The third-order valence-corrected chi connectivity index (χ3v) is 3.72. The Morgan fingerprint density at radius 2 is 2.05 bits per heavy atom. The van der Waals surface area contributed by atoms with Crippen LogP contribution >= 0.6 is 0 Å². The number of hydrogen-bond acceptors (Lipinski definition) is 3. The van der Waals surface area contributed by atoms with Crippen molar-refractivity contribution in [3.63, 3.8) is 0 Å². The summed E-state index contributed by atoms with van der Waals surface area (Å²) in [5, 5.41) is 0. The minimum absolute atomic E-state index is 0.251. The fraction of sp³-hybridized carbons (Fsp3) is 0.562. The van der Waals surface area contributed by atoms with Crippen LogP contribution in [0.1, 0.15) is 35.2 Å². The van der Waals surface area contributed by atoms with E-state index in [9.17, 15) is 4.79 Å². The molecule has 19 heavy (non-hydrogen) atoms. The fourth-order valence-corrected chi connectivity index (χ4v) is 2.39. The maximum absolute atomic E-state index is 12.2. The van der Waals surface area contributed by atoms with Crippen molar-refractivity contribution in [2.75, 3.05) is 26.8 Å². The van der Waals surface area contributed by atoms with Crippen LogP contribution < -0.4 is 0 Å². The van der Waals surface area contributed by atoms with Crippen LogP contribution in [0, 0.1) is 6.92 Å². The monoisotopic (exact) mass is 261 g/mol. The van der Waals surface area contributed by atoms with Gasteiger partial charge >= 0.3 is 0 Å². The van der Waals surface area contributed by atoms with E-state index in [0.29, 0.717) is 12.5 Å². The first-order valence-electron chi connectivity index (χ1n) is 7.04. The van der Waals surface area contributed by atoms with Crippen LogP contribution in [0.4, 0.5) is 0 Å². The number of carbonyl (C=O) groups is 1. The lowest BCUT2D eigenvalue weighted by Crippen LogP contribution is -2.31. The molecule has 0 unspecified atom stereocenters. The Hall–Kier alpha value is -1.19. The van der Waals surface area contributed by atoms with Gasteiger partial charge in [-0.1, -0.05) is 24.3 Å². The summed E-state index contributed by atoms with van der Waals surface area (Å²) < 4.78 is 5.13. The Bertz CT molecular complexity index is 427. The van der Waals surface area contributed by atoms with Gasteiger partial charge in [-0.15, -0.1) is 0 Å². The van der Waals surface area contributed by atoms with Crippen LogP contribution in [-0.4, -0.2) is 43.5 Å². The van der Waals surface area contributed by atoms with E-state index in [2.05, 4.69) is 4.90 Å². The van der Waals surface area contributed by atoms with Gasteiger partial charge in [0.15, 0.2) is 5.78 Å². The molecule has 0 heterocycles. The number of aryl methyl sites for hydroxylation is 1. The molecule has 2 rings (SSSR count). The number of hydrogen-bond donors (Lipinski definition) is 0. The number of ketones is 1. The van der Waals surface area contributed by atoms with Crippen LogP contribution in [0.3, 0.4) is 0 Å². The van der Waals surface area contributed by atoms with E-state index in [1.54, 1.807) is 7.11 Å². The average Bonchev–Trinajstić information content (AvgIpc) is 3.23.